The molecule has 1 aromatic heterocycles. The summed E-state index contributed by atoms with van der Waals surface area (Å²) in [5.74, 6) is -0.143. The molecule has 0 aliphatic heterocycles. The topological polar surface area (TPSA) is 42.2 Å². The number of fused-ring (bicyclic) bond motifs is 1. The van der Waals surface area contributed by atoms with Crippen molar-refractivity contribution in [3.8, 4) is 0 Å². The van der Waals surface area contributed by atoms with Gasteiger partial charge in [-0.1, -0.05) is 23.5 Å². The molecule has 1 heterocycles. The number of thiazole rings is 1. The molecular weight excluding hydrogens is 304 g/mol. The molecule has 0 saturated heterocycles. The maximum Gasteiger partial charge on any atom is 0.309 e. The summed E-state index contributed by atoms with van der Waals surface area (Å²) >= 11 is 1.62. The van der Waals surface area contributed by atoms with Gasteiger partial charge in [0, 0.05) is 6.07 Å². The number of carbonyl (C=O) groups excluding carboxylic acids is 1. The van der Waals surface area contributed by atoms with Crippen LogP contribution in [0.3, 0.4) is 0 Å². The van der Waals surface area contributed by atoms with Gasteiger partial charge in [-0.15, -0.1) is 0 Å². The molecule has 0 bridgehead atoms. The second-order valence-corrected chi connectivity index (χ2v) is 4.16. The first kappa shape index (κ1) is 14.1. The number of carbonyl (C=O) groups is 1. The van der Waals surface area contributed by atoms with Crippen molar-refractivity contribution in [2.75, 3.05) is 6.61 Å². The number of nitrogens with one attached hydrogen (secondary N) is 1. The van der Waals surface area contributed by atoms with Crippen molar-refractivity contribution in [2.24, 2.45) is 0 Å². The molecule has 1 N–H and O–H groups in total. The number of hydroxylamine groups is 1. The van der Waals surface area contributed by atoms with Crippen LogP contribution in [0.2, 0.25) is 0 Å². The van der Waals surface area contributed by atoms with Crippen LogP contribution in [0, 0.1) is 0 Å². The number of benzene rings is 1. The zero-order valence-corrected chi connectivity index (χ0v) is 11.8. The fraction of sp³-hybridized carbons (Fsp3) is 0.273. The third-order valence-corrected chi connectivity index (χ3v) is 3.08. The number of amides is 1. The van der Waals surface area contributed by atoms with Gasteiger partial charge in [0.15, 0.2) is 0 Å². The normalized spacial score (nSPS) is 9.94. The van der Waals surface area contributed by atoms with E-state index >= 15 is 0 Å². The molecule has 2 rings (SSSR count). The molecule has 0 unspecified atom stereocenters. The van der Waals surface area contributed by atoms with Crippen LogP contribution in [-0.4, -0.2) is 12.5 Å². The molecule has 0 spiro atoms. The van der Waals surface area contributed by atoms with Crippen LogP contribution in [0.1, 0.15) is 6.92 Å². The Morgan fingerprint density at radius 1 is 1.47 bits per heavy atom. The van der Waals surface area contributed by atoms with E-state index in [0.29, 0.717) is 6.61 Å². The van der Waals surface area contributed by atoms with Crippen LogP contribution in [0.4, 0.5) is 0 Å². The van der Waals surface area contributed by atoms with Gasteiger partial charge in [-0.25, -0.2) is 5.48 Å². The van der Waals surface area contributed by atoms with E-state index in [1.807, 2.05) is 41.3 Å². The lowest BCUT2D eigenvalue weighted by Gasteiger charge is -1.99. The standard InChI is InChI=1S/C11H12N2O2S.BrH/c1-2-15-12-11(14)7-13-8-16-10-6-4-3-5-9(10)13;/h3-6,8H,2,7H2,1H3;1H. The van der Waals surface area contributed by atoms with Crippen molar-refractivity contribution in [3.63, 3.8) is 0 Å². The maximum absolute atomic E-state index is 11.5. The Balaban J connectivity index is 0.00000144. The summed E-state index contributed by atoms with van der Waals surface area (Å²) in [6, 6.07) is 7.99. The summed E-state index contributed by atoms with van der Waals surface area (Å²) in [4.78, 5) is 16.3. The molecule has 0 aliphatic carbocycles. The van der Waals surface area contributed by atoms with E-state index in [0.717, 1.165) is 5.52 Å². The molecular formula is C11H13BrN2O2S. The molecule has 0 fully saturated rings. The Morgan fingerprint density at radius 2 is 2.24 bits per heavy atom. The highest BCUT2D eigenvalue weighted by molar-refractivity contribution is 7.16. The van der Waals surface area contributed by atoms with Crippen molar-refractivity contribution < 1.29 is 31.2 Å². The number of nitrogens with zero attached hydrogens (tertiary/aromatic N) is 1. The Bertz CT molecular complexity index is 501. The molecule has 92 valence electrons. The summed E-state index contributed by atoms with van der Waals surface area (Å²) in [6.45, 7) is 2.58. The number of rotatable bonds is 4. The van der Waals surface area contributed by atoms with Crippen molar-refractivity contribution in [1.29, 1.82) is 0 Å². The average molecular weight is 317 g/mol. The third-order valence-electron chi connectivity index (χ3n) is 2.13. The molecule has 2 aromatic rings. The van der Waals surface area contributed by atoms with Crippen LogP contribution in [0.25, 0.3) is 10.2 Å². The molecule has 17 heavy (non-hydrogen) atoms. The van der Waals surface area contributed by atoms with E-state index in [4.69, 9.17) is 4.84 Å². The molecule has 1 aromatic carbocycles. The first-order valence-corrected chi connectivity index (χ1v) is 5.95. The Kier molecular flexibility index (Phi) is 5.54. The second-order valence-electron chi connectivity index (χ2n) is 3.28. The summed E-state index contributed by atoms with van der Waals surface area (Å²) < 4.78 is 3.08. The predicted molar refractivity (Wildman–Crippen MR) is 61.8 cm³/mol. The smallest absolute Gasteiger partial charge is 0.309 e. The molecule has 4 nitrogen and oxygen atoms in total. The molecule has 0 radical (unpaired) electrons. The minimum absolute atomic E-state index is 0. The third kappa shape index (κ3) is 3.49. The lowest BCUT2D eigenvalue weighted by molar-refractivity contribution is -0.654. The number of halogens is 1. The van der Waals surface area contributed by atoms with Gasteiger partial charge in [-0.3, -0.25) is 9.63 Å². The minimum Gasteiger partial charge on any atom is -1.00 e. The Morgan fingerprint density at radius 3 is 3.00 bits per heavy atom. The molecule has 0 aliphatic rings. The molecule has 6 heteroatoms. The number of hydrogen-bond donors (Lipinski definition) is 1. The van der Waals surface area contributed by atoms with Gasteiger partial charge in [-0.05, 0) is 13.0 Å². The zero-order chi connectivity index (χ0) is 11.4. The number of para-hydroxylation sites is 1. The lowest BCUT2D eigenvalue weighted by Crippen LogP contribution is -3.00. The number of aromatic nitrogens is 1. The van der Waals surface area contributed by atoms with E-state index in [1.165, 1.54) is 4.70 Å². The van der Waals surface area contributed by atoms with Crippen LogP contribution in [0.5, 0.6) is 0 Å². The average Bonchev–Trinajstić information content (AvgIpc) is 2.70. The minimum atomic E-state index is -0.143. The van der Waals surface area contributed by atoms with E-state index < -0.39 is 0 Å². The van der Waals surface area contributed by atoms with E-state index in [9.17, 15) is 4.79 Å². The van der Waals surface area contributed by atoms with E-state index in [1.54, 1.807) is 11.3 Å². The summed E-state index contributed by atoms with van der Waals surface area (Å²) in [6.07, 6.45) is 0. The van der Waals surface area contributed by atoms with Crippen molar-refractivity contribution >= 4 is 27.5 Å². The lowest BCUT2D eigenvalue weighted by atomic mass is 10.3. The highest BCUT2D eigenvalue weighted by atomic mass is 79.9. The van der Waals surface area contributed by atoms with Crippen LogP contribution in [0.15, 0.2) is 29.8 Å². The van der Waals surface area contributed by atoms with Gasteiger partial charge in [0.1, 0.15) is 4.70 Å². The Hall–Kier alpha value is -0.980. The highest BCUT2D eigenvalue weighted by Crippen LogP contribution is 2.14. The van der Waals surface area contributed by atoms with Gasteiger partial charge in [-0.2, -0.15) is 4.57 Å². The number of hydrogen-bond acceptors (Lipinski definition) is 3. The monoisotopic (exact) mass is 316 g/mol. The predicted octanol–water partition coefficient (Wildman–Crippen LogP) is -1.74. The molecule has 0 atom stereocenters. The van der Waals surface area contributed by atoms with Crippen molar-refractivity contribution in [3.05, 3.63) is 29.8 Å². The Labute approximate surface area is 114 Å². The molecule has 0 saturated carbocycles. The maximum atomic E-state index is 11.5. The van der Waals surface area contributed by atoms with Crippen LogP contribution < -0.4 is 27.0 Å². The van der Waals surface area contributed by atoms with Crippen molar-refractivity contribution in [1.82, 2.24) is 5.48 Å². The fourth-order valence-electron chi connectivity index (χ4n) is 1.43. The van der Waals surface area contributed by atoms with Gasteiger partial charge in [0.2, 0.25) is 17.6 Å². The second kappa shape index (κ2) is 6.68. The summed E-state index contributed by atoms with van der Waals surface area (Å²) in [5.41, 5.74) is 5.39. The quantitative estimate of drug-likeness (QED) is 0.537. The van der Waals surface area contributed by atoms with Crippen molar-refractivity contribution in [2.45, 2.75) is 13.5 Å². The highest BCUT2D eigenvalue weighted by Gasteiger charge is 2.14. The van der Waals surface area contributed by atoms with Gasteiger partial charge in [0.05, 0.1) is 6.61 Å². The van der Waals surface area contributed by atoms with Gasteiger partial charge < -0.3 is 17.0 Å². The van der Waals surface area contributed by atoms with E-state index in [2.05, 4.69) is 5.48 Å². The van der Waals surface area contributed by atoms with Crippen LogP contribution >= 0.6 is 11.3 Å². The van der Waals surface area contributed by atoms with Gasteiger partial charge >= 0.3 is 5.91 Å². The largest absolute Gasteiger partial charge is 1.00 e. The SMILES string of the molecule is CCONC(=O)C[n+]1csc2ccccc21.[Br-]. The van der Waals surface area contributed by atoms with Crippen LogP contribution in [-0.2, 0) is 16.2 Å². The fourth-order valence-corrected chi connectivity index (χ4v) is 2.33. The summed E-state index contributed by atoms with van der Waals surface area (Å²) in [5, 5.41) is 0. The first-order chi connectivity index (χ1) is 7.81. The molecule has 1 amide bonds. The summed E-state index contributed by atoms with van der Waals surface area (Å²) in [7, 11) is 0. The first-order valence-electron chi connectivity index (χ1n) is 5.07. The van der Waals surface area contributed by atoms with E-state index in [-0.39, 0.29) is 29.4 Å². The van der Waals surface area contributed by atoms with Gasteiger partial charge in [0.25, 0.3) is 0 Å². The zero-order valence-electron chi connectivity index (χ0n) is 9.35.